The third kappa shape index (κ3) is 5.34. The molecule has 0 unspecified atom stereocenters. The standard InChI is InChI=1S/C26H30N6O6/c1-15-12-16-13-17(7-8-19(16)38-15)27-22(21-23(34)29-26(37)30-24(21)35)28-18-6-2-3-11-32(25(18)36)14-20(33)31-9-4-5-10-31/h7-8,12-13,18H,2-6,9-11,14H2,1H3,(H,27,28)(H3,29,30,34,35,37)/t18-/m0/s1. The number of aromatic amines is 2. The summed E-state index contributed by atoms with van der Waals surface area (Å²) in [6.45, 7) is 3.65. The van der Waals surface area contributed by atoms with Gasteiger partial charge < -0.3 is 24.6 Å². The number of rotatable bonds is 5. The maximum atomic E-state index is 13.5. The molecule has 0 bridgehead atoms. The van der Waals surface area contributed by atoms with Crippen LogP contribution in [-0.2, 0) is 9.59 Å². The molecule has 2 saturated heterocycles. The molecule has 2 aliphatic rings. The van der Waals surface area contributed by atoms with E-state index in [2.05, 4.69) is 20.3 Å². The lowest BCUT2D eigenvalue weighted by atomic mass is 10.1. The topological polar surface area (TPSA) is 164 Å². The Morgan fingerprint density at radius 2 is 1.87 bits per heavy atom. The number of aromatic nitrogens is 2. The predicted octanol–water partition coefficient (Wildman–Crippen LogP) is 1.69. The molecule has 0 aliphatic carbocycles. The van der Waals surface area contributed by atoms with Gasteiger partial charge in [0.25, 0.3) is 5.56 Å². The highest BCUT2D eigenvalue weighted by Crippen LogP contribution is 2.24. The predicted molar refractivity (Wildman–Crippen MR) is 140 cm³/mol. The van der Waals surface area contributed by atoms with Crippen molar-refractivity contribution < 1.29 is 19.1 Å². The maximum Gasteiger partial charge on any atom is 0.328 e. The fraction of sp³-hybridized carbons (Fsp3) is 0.423. The van der Waals surface area contributed by atoms with Crippen LogP contribution in [-0.4, -0.2) is 74.7 Å². The van der Waals surface area contributed by atoms with Gasteiger partial charge in [-0.1, -0.05) is 0 Å². The molecule has 0 radical (unpaired) electrons. The van der Waals surface area contributed by atoms with Crippen LogP contribution in [0.1, 0.15) is 43.4 Å². The second-order valence-electron chi connectivity index (χ2n) is 9.70. The molecule has 12 nitrogen and oxygen atoms in total. The Morgan fingerprint density at radius 3 is 2.63 bits per heavy atom. The molecule has 3 aromatic rings. The van der Waals surface area contributed by atoms with Gasteiger partial charge in [-0.25, -0.2) is 4.79 Å². The molecule has 0 saturated carbocycles. The van der Waals surface area contributed by atoms with E-state index in [1.54, 1.807) is 23.1 Å². The van der Waals surface area contributed by atoms with Gasteiger partial charge in [-0.05, 0) is 63.3 Å². The van der Waals surface area contributed by atoms with E-state index >= 15 is 0 Å². The summed E-state index contributed by atoms with van der Waals surface area (Å²) >= 11 is 0. The first-order chi connectivity index (χ1) is 18.3. The normalized spacial score (nSPS) is 18.7. The van der Waals surface area contributed by atoms with Gasteiger partial charge in [0, 0.05) is 30.7 Å². The zero-order valence-corrected chi connectivity index (χ0v) is 21.1. The lowest BCUT2D eigenvalue weighted by Gasteiger charge is -2.25. The number of amidine groups is 1. The van der Waals surface area contributed by atoms with E-state index in [0.29, 0.717) is 43.7 Å². The van der Waals surface area contributed by atoms with Crippen LogP contribution in [0, 0.1) is 6.92 Å². The Bertz CT molecular complexity index is 1510. The lowest BCUT2D eigenvalue weighted by molar-refractivity contribution is -0.140. The smallest absolute Gasteiger partial charge is 0.328 e. The van der Waals surface area contributed by atoms with Gasteiger partial charge in [0.15, 0.2) is 0 Å². The summed E-state index contributed by atoms with van der Waals surface area (Å²) in [5.74, 6) is -0.431. The van der Waals surface area contributed by atoms with Crippen molar-refractivity contribution >= 4 is 34.3 Å². The van der Waals surface area contributed by atoms with Crippen LogP contribution >= 0.6 is 0 Å². The van der Waals surface area contributed by atoms with Crippen molar-refractivity contribution in [3.63, 3.8) is 0 Å². The van der Waals surface area contributed by atoms with Crippen LogP contribution in [0.25, 0.3) is 11.0 Å². The van der Waals surface area contributed by atoms with Gasteiger partial charge in [-0.2, -0.15) is 0 Å². The van der Waals surface area contributed by atoms with Crippen LogP contribution < -0.4 is 16.6 Å². The SMILES string of the molecule is Cc1cc2cc(NC(=N[C@H]3CCCCN(CC(=O)N4CCCC4)C3=O)c3c(O)[nH]c(=O)[nH]c3=O)ccc2o1. The summed E-state index contributed by atoms with van der Waals surface area (Å²) in [4.78, 5) is 62.9. The third-order valence-electron chi connectivity index (χ3n) is 6.88. The number of amides is 2. The molecule has 4 N–H and O–H groups in total. The summed E-state index contributed by atoms with van der Waals surface area (Å²) in [6, 6.07) is 6.21. The largest absolute Gasteiger partial charge is 0.494 e. The highest BCUT2D eigenvalue weighted by Gasteiger charge is 2.31. The maximum absolute atomic E-state index is 13.5. The molecular weight excluding hydrogens is 492 g/mol. The zero-order chi connectivity index (χ0) is 26.8. The quantitative estimate of drug-likeness (QED) is 0.292. The van der Waals surface area contributed by atoms with Gasteiger partial charge in [0.05, 0.1) is 6.54 Å². The number of hydrogen-bond acceptors (Lipinski definition) is 7. The van der Waals surface area contributed by atoms with Crippen molar-refractivity contribution in [2.45, 2.75) is 45.1 Å². The van der Waals surface area contributed by atoms with E-state index in [1.807, 2.05) is 13.0 Å². The summed E-state index contributed by atoms with van der Waals surface area (Å²) in [5.41, 5.74) is -0.828. The minimum absolute atomic E-state index is 0.0192. The first-order valence-corrected chi connectivity index (χ1v) is 12.8. The molecule has 12 heteroatoms. The van der Waals surface area contributed by atoms with E-state index in [1.165, 1.54) is 4.90 Å². The number of anilines is 1. The van der Waals surface area contributed by atoms with E-state index in [-0.39, 0.29) is 29.8 Å². The van der Waals surface area contributed by atoms with Crippen molar-refractivity contribution in [2.75, 3.05) is 31.5 Å². The van der Waals surface area contributed by atoms with E-state index in [4.69, 9.17) is 4.42 Å². The number of aliphatic imine (C=N–C) groups is 1. The van der Waals surface area contributed by atoms with Crippen molar-refractivity contribution in [2.24, 2.45) is 4.99 Å². The molecule has 1 atom stereocenters. The number of nitrogens with one attached hydrogen (secondary N) is 3. The minimum Gasteiger partial charge on any atom is -0.494 e. The van der Waals surface area contributed by atoms with Crippen LogP contribution in [0.2, 0.25) is 0 Å². The fourth-order valence-electron chi connectivity index (χ4n) is 4.99. The minimum atomic E-state index is -0.892. The van der Waals surface area contributed by atoms with Crippen molar-refractivity contribution in [3.05, 3.63) is 56.4 Å². The molecule has 2 amide bonds. The van der Waals surface area contributed by atoms with E-state index in [9.17, 15) is 24.3 Å². The van der Waals surface area contributed by atoms with Crippen LogP contribution in [0.4, 0.5) is 5.69 Å². The first kappa shape index (κ1) is 25.3. The number of carbonyl (C=O) groups excluding carboxylic acids is 2. The van der Waals surface area contributed by atoms with Crippen molar-refractivity contribution in [1.82, 2.24) is 19.8 Å². The Kier molecular flexibility index (Phi) is 7.03. The molecule has 200 valence electrons. The number of carbonyl (C=O) groups is 2. The molecule has 5 rings (SSSR count). The lowest BCUT2D eigenvalue weighted by Crippen LogP contribution is -2.45. The average molecular weight is 523 g/mol. The second kappa shape index (κ2) is 10.6. The number of H-pyrrole nitrogens is 2. The number of likely N-dealkylation sites (tertiary alicyclic amines) is 2. The molecule has 4 heterocycles. The summed E-state index contributed by atoms with van der Waals surface area (Å²) in [5, 5.41) is 14.3. The molecule has 2 aliphatic heterocycles. The van der Waals surface area contributed by atoms with E-state index in [0.717, 1.165) is 30.4 Å². The Morgan fingerprint density at radius 1 is 1.11 bits per heavy atom. The van der Waals surface area contributed by atoms with E-state index < -0.39 is 23.2 Å². The van der Waals surface area contributed by atoms with Gasteiger partial charge in [0.2, 0.25) is 17.7 Å². The number of aryl methyl sites for hydroxylation is 1. The Labute approximate surface area is 217 Å². The number of benzene rings is 1. The summed E-state index contributed by atoms with van der Waals surface area (Å²) < 4.78 is 5.62. The van der Waals surface area contributed by atoms with Crippen molar-refractivity contribution in [3.8, 4) is 5.88 Å². The van der Waals surface area contributed by atoms with Gasteiger partial charge in [-0.3, -0.25) is 29.3 Å². The second-order valence-corrected chi connectivity index (χ2v) is 9.70. The third-order valence-corrected chi connectivity index (χ3v) is 6.88. The number of furan rings is 1. The summed E-state index contributed by atoms with van der Waals surface area (Å²) in [7, 11) is 0. The van der Waals surface area contributed by atoms with Crippen LogP contribution in [0.15, 0.2) is 43.3 Å². The number of hydrogen-bond donors (Lipinski definition) is 4. The Hall–Kier alpha value is -4.35. The molecule has 1 aromatic carbocycles. The van der Waals surface area contributed by atoms with Crippen molar-refractivity contribution in [1.29, 1.82) is 0 Å². The molecule has 2 aromatic heterocycles. The molecule has 0 spiro atoms. The van der Waals surface area contributed by atoms with Gasteiger partial charge in [0.1, 0.15) is 28.8 Å². The monoisotopic (exact) mass is 522 g/mol. The number of nitrogens with zero attached hydrogens (tertiary/aromatic N) is 3. The molecule has 38 heavy (non-hydrogen) atoms. The average Bonchev–Trinajstić information content (AvgIpc) is 3.49. The Balaban J connectivity index is 1.49. The van der Waals surface area contributed by atoms with Crippen LogP contribution in [0.5, 0.6) is 5.88 Å². The highest BCUT2D eigenvalue weighted by atomic mass is 16.3. The highest BCUT2D eigenvalue weighted by molar-refractivity contribution is 6.10. The van der Waals surface area contributed by atoms with Gasteiger partial charge in [-0.15, -0.1) is 0 Å². The number of aromatic hydroxyl groups is 1. The van der Waals surface area contributed by atoms with Gasteiger partial charge >= 0.3 is 5.69 Å². The fourth-order valence-corrected chi connectivity index (χ4v) is 4.99. The number of fused-ring (bicyclic) bond motifs is 1. The molecule has 2 fully saturated rings. The van der Waals surface area contributed by atoms with Crippen LogP contribution in [0.3, 0.4) is 0 Å². The zero-order valence-electron chi connectivity index (χ0n) is 21.1. The summed E-state index contributed by atoms with van der Waals surface area (Å²) in [6.07, 6.45) is 3.73. The first-order valence-electron chi connectivity index (χ1n) is 12.8. The molecular formula is C26H30N6O6.